The molecule has 3 fully saturated rings. The number of hydrogen-bond acceptors (Lipinski definition) is 3. The molecule has 0 amide bonds. The molecule has 0 aromatic heterocycles. The molecular weight excluding hydrogens is 434 g/mol. The standard InChI is InChI=1S/C31H31NO3/c33-31(34)20-7-9-32(10-8-20)18-19-5-6-21-17-29-26(14-23(21)11-19)12-22-3-1-2-4-28(22)30(29)35-27-15-24-13-25(24)16-27/h1-6,11-12,14,17,20,24-25,27H,7-10,13,15-16,18H2,(H,33,34). The van der Waals surface area contributed by atoms with Gasteiger partial charge >= 0.3 is 5.97 Å². The van der Waals surface area contributed by atoms with Crippen LogP contribution in [0.4, 0.5) is 0 Å². The molecule has 4 aromatic rings. The minimum absolute atomic E-state index is 0.185. The van der Waals surface area contributed by atoms with E-state index < -0.39 is 5.97 Å². The van der Waals surface area contributed by atoms with E-state index in [1.165, 1.54) is 57.1 Å². The fraction of sp³-hybridized carbons (Fsp3) is 0.387. The lowest BCUT2D eigenvalue weighted by Crippen LogP contribution is -2.35. The van der Waals surface area contributed by atoms with Crippen LogP contribution in [0, 0.1) is 17.8 Å². The highest BCUT2D eigenvalue weighted by Gasteiger charge is 2.47. The van der Waals surface area contributed by atoms with Crippen molar-refractivity contribution in [2.45, 2.75) is 44.8 Å². The highest BCUT2D eigenvalue weighted by molar-refractivity contribution is 6.10. The molecule has 178 valence electrons. The van der Waals surface area contributed by atoms with Gasteiger partial charge in [-0.2, -0.15) is 0 Å². The lowest BCUT2D eigenvalue weighted by Gasteiger charge is -2.30. The Bertz CT molecular complexity index is 1440. The summed E-state index contributed by atoms with van der Waals surface area (Å²) in [6, 6.07) is 22.3. The van der Waals surface area contributed by atoms with Gasteiger partial charge in [-0.05, 0) is 108 Å². The number of carboxylic acid groups (broad SMARTS) is 1. The third kappa shape index (κ3) is 3.94. The number of rotatable bonds is 5. The van der Waals surface area contributed by atoms with Crippen molar-refractivity contribution in [1.29, 1.82) is 0 Å². The Labute approximate surface area is 205 Å². The average molecular weight is 466 g/mol. The number of fused-ring (bicyclic) bond motifs is 4. The maximum Gasteiger partial charge on any atom is 0.306 e. The van der Waals surface area contributed by atoms with Gasteiger partial charge < -0.3 is 9.84 Å². The van der Waals surface area contributed by atoms with E-state index in [2.05, 4.69) is 65.6 Å². The Kier molecular flexibility index (Phi) is 4.99. The van der Waals surface area contributed by atoms with Gasteiger partial charge in [-0.3, -0.25) is 9.69 Å². The fourth-order valence-electron chi connectivity index (χ4n) is 6.57. The van der Waals surface area contributed by atoms with E-state index in [4.69, 9.17) is 4.74 Å². The smallest absolute Gasteiger partial charge is 0.306 e. The summed E-state index contributed by atoms with van der Waals surface area (Å²) in [6.07, 6.45) is 5.64. The van der Waals surface area contributed by atoms with Gasteiger partial charge in [0.1, 0.15) is 5.75 Å². The van der Waals surface area contributed by atoms with Crippen LogP contribution in [0.1, 0.15) is 37.7 Å². The van der Waals surface area contributed by atoms with E-state index in [0.29, 0.717) is 6.10 Å². The number of nitrogens with zero attached hydrogens (tertiary/aromatic N) is 1. The predicted octanol–water partition coefficient (Wildman–Crippen LogP) is 6.62. The topological polar surface area (TPSA) is 49.8 Å². The first-order chi connectivity index (χ1) is 17.1. The van der Waals surface area contributed by atoms with Gasteiger partial charge in [0.2, 0.25) is 0 Å². The molecule has 1 N–H and O–H groups in total. The first-order valence-corrected chi connectivity index (χ1v) is 13.1. The van der Waals surface area contributed by atoms with E-state index >= 15 is 0 Å². The van der Waals surface area contributed by atoms with Crippen LogP contribution < -0.4 is 4.74 Å². The maximum atomic E-state index is 11.3. The third-order valence-corrected chi connectivity index (χ3v) is 8.66. The number of benzene rings is 4. The van der Waals surface area contributed by atoms with E-state index in [9.17, 15) is 9.90 Å². The van der Waals surface area contributed by atoms with Crippen LogP contribution in [0.5, 0.6) is 5.75 Å². The van der Waals surface area contributed by atoms with Crippen LogP contribution in [0.3, 0.4) is 0 Å². The Morgan fingerprint density at radius 2 is 1.60 bits per heavy atom. The molecule has 4 heteroatoms. The van der Waals surface area contributed by atoms with Gasteiger partial charge in [-0.1, -0.05) is 36.4 Å². The number of aliphatic carboxylic acids is 1. The average Bonchev–Trinajstić information content (AvgIpc) is 3.48. The van der Waals surface area contributed by atoms with Crippen LogP contribution in [-0.4, -0.2) is 35.2 Å². The van der Waals surface area contributed by atoms with Gasteiger partial charge in [0, 0.05) is 17.3 Å². The first-order valence-electron chi connectivity index (χ1n) is 13.1. The Balaban J connectivity index is 1.23. The highest BCUT2D eigenvalue weighted by atomic mass is 16.5. The second-order valence-electron chi connectivity index (χ2n) is 11.0. The number of ether oxygens (including phenoxy) is 1. The molecule has 2 aliphatic carbocycles. The Morgan fingerprint density at radius 3 is 2.40 bits per heavy atom. The number of likely N-dealkylation sites (tertiary alicyclic amines) is 1. The summed E-state index contributed by atoms with van der Waals surface area (Å²) in [5, 5.41) is 16.6. The molecular formula is C31H31NO3. The zero-order valence-corrected chi connectivity index (χ0v) is 20.0. The number of carboxylic acids is 1. The van der Waals surface area contributed by atoms with Crippen molar-refractivity contribution >= 4 is 38.3 Å². The van der Waals surface area contributed by atoms with Crippen LogP contribution in [0.2, 0.25) is 0 Å². The molecule has 1 heterocycles. The fourth-order valence-corrected chi connectivity index (χ4v) is 6.57. The summed E-state index contributed by atoms with van der Waals surface area (Å²) in [5.41, 5.74) is 1.29. The Hall–Kier alpha value is -3.11. The summed E-state index contributed by atoms with van der Waals surface area (Å²) in [4.78, 5) is 13.6. The van der Waals surface area contributed by atoms with Gasteiger partial charge in [-0.15, -0.1) is 0 Å². The van der Waals surface area contributed by atoms with Crippen molar-refractivity contribution in [1.82, 2.24) is 4.90 Å². The summed E-state index contributed by atoms with van der Waals surface area (Å²) in [7, 11) is 0. The lowest BCUT2D eigenvalue weighted by atomic mass is 9.96. The maximum absolute atomic E-state index is 11.3. The molecule has 2 saturated carbocycles. The zero-order valence-electron chi connectivity index (χ0n) is 20.0. The summed E-state index contributed by atoms with van der Waals surface area (Å²) in [5.74, 6) is 2.01. The van der Waals surface area contributed by atoms with Crippen molar-refractivity contribution in [3.8, 4) is 5.75 Å². The van der Waals surface area contributed by atoms with Crippen molar-refractivity contribution in [3.05, 3.63) is 66.2 Å². The molecule has 35 heavy (non-hydrogen) atoms. The quantitative estimate of drug-likeness (QED) is 0.337. The van der Waals surface area contributed by atoms with Gasteiger partial charge in [0.15, 0.2) is 0 Å². The second kappa shape index (κ2) is 8.23. The summed E-state index contributed by atoms with van der Waals surface area (Å²) < 4.78 is 6.75. The summed E-state index contributed by atoms with van der Waals surface area (Å²) >= 11 is 0. The largest absolute Gasteiger partial charge is 0.489 e. The van der Waals surface area contributed by atoms with Crippen molar-refractivity contribution < 1.29 is 14.6 Å². The van der Waals surface area contributed by atoms with Crippen molar-refractivity contribution in [2.24, 2.45) is 17.8 Å². The van der Waals surface area contributed by atoms with Gasteiger partial charge in [0.05, 0.1) is 12.0 Å². The van der Waals surface area contributed by atoms with Crippen LogP contribution in [0.15, 0.2) is 60.7 Å². The number of carbonyl (C=O) groups is 1. The lowest BCUT2D eigenvalue weighted by molar-refractivity contribution is -0.143. The number of hydrogen-bond donors (Lipinski definition) is 1. The molecule has 4 aromatic carbocycles. The monoisotopic (exact) mass is 465 g/mol. The van der Waals surface area contributed by atoms with Crippen molar-refractivity contribution in [2.75, 3.05) is 13.1 Å². The molecule has 1 saturated heterocycles. The van der Waals surface area contributed by atoms with Crippen LogP contribution >= 0.6 is 0 Å². The van der Waals surface area contributed by atoms with E-state index in [1.54, 1.807) is 0 Å². The second-order valence-corrected chi connectivity index (χ2v) is 11.0. The molecule has 2 unspecified atom stereocenters. The normalized spacial score (nSPS) is 24.7. The molecule has 0 bridgehead atoms. The molecule has 0 spiro atoms. The summed E-state index contributed by atoms with van der Waals surface area (Å²) in [6.45, 7) is 2.57. The van der Waals surface area contributed by atoms with E-state index in [0.717, 1.165) is 50.1 Å². The number of piperidine rings is 1. The predicted molar refractivity (Wildman–Crippen MR) is 140 cm³/mol. The molecule has 4 nitrogen and oxygen atoms in total. The van der Waals surface area contributed by atoms with E-state index in [1.807, 2.05) is 0 Å². The molecule has 7 rings (SSSR count). The van der Waals surface area contributed by atoms with Gasteiger partial charge in [-0.25, -0.2) is 0 Å². The van der Waals surface area contributed by atoms with Crippen molar-refractivity contribution in [3.63, 3.8) is 0 Å². The molecule has 2 atom stereocenters. The first kappa shape index (κ1) is 21.2. The molecule has 1 aliphatic heterocycles. The van der Waals surface area contributed by atoms with Crippen LogP contribution in [0.25, 0.3) is 32.3 Å². The third-order valence-electron chi connectivity index (χ3n) is 8.66. The zero-order chi connectivity index (χ0) is 23.5. The van der Waals surface area contributed by atoms with Gasteiger partial charge in [0.25, 0.3) is 0 Å². The molecule has 3 aliphatic rings. The highest BCUT2D eigenvalue weighted by Crippen LogP contribution is 2.53. The SMILES string of the molecule is O=C(O)C1CCN(Cc2ccc3cc4c(OC5CC6CC6C5)c5ccccc5cc4cc3c2)CC1. The van der Waals surface area contributed by atoms with E-state index in [-0.39, 0.29) is 5.92 Å². The minimum Gasteiger partial charge on any atom is -0.489 e. The Morgan fingerprint density at radius 1 is 0.829 bits per heavy atom. The molecule has 0 radical (unpaired) electrons. The minimum atomic E-state index is -0.650. The van der Waals surface area contributed by atoms with Crippen LogP contribution in [-0.2, 0) is 11.3 Å².